The van der Waals surface area contributed by atoms with Crippen LogP contribution < -0.4 is 4.90 Å². The predicted molar refractivity (Wildman–Crippen MR) is 158 cm³/mol. The van der Waals surface area contributed by atoms with Crippen LogP contribution in [0.15, 0.2) is 122 Å². The molecular formula is C36H26N2. The number of aromatic nitrogens is 1. The number of hydrogen-bond donors (Lipinski definition) is 0. The SMILES string of the molecule is CC1(C)c2ccccc2-c2cc3c(cc21)N(c1cccnc1)c1ccc(-c2ccccc2)c2cccc-3c12. The van der Waals surface area contributed by atoms with E-state index < -0.39 is 0 Å². The molecule has 2 heteroatoms. The van der Waals surface area contributed by atoms with Gasteiger partial charge < -0.3 is 4.90 Å². The smallest absolute Gasteiger partial charge is 0.0645 e. The van der Waals surface area contributed by atoms with Crippen LogP contribution in [0.5, 0.6) is 0 Å². The van der Waals surface area contributed by atoms with Gasteiger partial charge in [-0.1, -0.05) is 92.7 Å². The molecule has 0 amide bonds. The quantitative estimate of drug-likeness (QED) is 0.242. The summed E-state index contributed by atoms with van der Waals surface area (Å²) < 4.78 is 0. The summed E-state index contributed by atoms with van der Waals surface area (Å²) in [6.45, 7) is 4.70. The minimum atomic E-state index is -0.0645. The first-order chi connectivity index (χ1) is 18.6. The van der Waals surface area contributed by atoms with E-state index in [2.05, 4.69) is 127 Å². The summed E-state index contributed by atoms with van der Waals surface area (Å²) in [6.07, 6.45) is 3.82. The molecule has 1 aliphatic carbocycles. The molecule has 0 spiro atoms. The minimum Gasteiger partial charge on any atom is -0.308 e. The van der Waals surface area contributed by atoms with Gasteiger partial charge in [-0.05, 0) is 74.7 Å². The van der Waals surface area contributed by atoms with Gasteiger partial charge in [-0.2, -0.15) is 0 Å². The number of anilines is 3. The lowest BCUT2D eigenvalue weighted by molar-refractivity contribution is 0.660. The standard InChI is InChI=1S/C36H26N2/c1-36(2)31-16-7-6-13-26(31)29-20-30-28-15-8-14-27-25(23-10-4-3-5-11-23)17-18-33(35(27)28)38(34(30)21-32(29)36)24-12-9-19-37-22-24/h3-22H,1-2H3. The van der Waals surface area contributed by atoms with E-state index >= 15 is 0 Å². The summed E-state index contributed by atoms with van der Waals surface area (Å²) in [5, 5.41) is 2.56. The Balaban J connectivity index is 1.49. The summed E-state index contributed by atoms with van der Waals surface area (Å²) in [4.78, 5) is 6.92. The van der Waals surface area contributed by atoms with Crippen molar-refractivity contribution >= 4 is 27.8 Å². The van der Waals surface area contributed by atoms with Crippen LogP contribution in [-0.2, 0) is 5.41 Å². The van der Waals surface area contributed by atoms with Crippen molar-refractivity contribution in [2.45, 2.75) is 19.3 Å². The molecule has 8 rings (SSSR count). The number of pyridine rings is 1. The van der Waals surface area contributed by atoms with Crippen LogP contribution in [0.3, 0.4) is 0 Å². The number of hydrogen-bond acceptors (Lipinski definition) is 2. The highest BCUT2D eigenvalue weighted by atomic mass is 15.2. The Hall–Kier alpha value is -4.69. The third kappa shape index (κ3) is 2.80. The molecule has 0 saturated heterocycles. The van der Waals surface area contributed by atoms with Crippen molar-refractivity contribution in [3.63, 3.8) is 0 Å². The molecule has 5 aromatic carbocycles. The van der Waals surface area contributed by atoms with Gasteiger partial charge in [0, 0.05) is 22.6 Å². The van der Waals surface area contributed by atoms with E-state index in [0.717, 1.165) is 5.69 Å². The van der Waals surface area contributed by atoms with Crippen molar-refractivity contribution in [1.82, 2.24) is 4.98 Å². The normalized spacial score (nSPS) is 14.2. The first kappa shape index (κ1) is 21.4. The van der Waals surface area contributed by atoms with E-state index in [1.54, 1.807) is 0 Å². The Morgan fingerprint density at radius 2 is 1.39 bits per heavy atom. The average molecular weight is 487 g/mol. The summed E-state index contributed by atoms with van der Waals surface area (Å²) >= 11 is 0. The Labute approximate surface area is 222 Å². The summed E-state index contributed by atoms with van der Waals surface area (Å²) in [6, 6.07) is 40.0. The number of rotatable bonds is 2. The Morgan fingerprint density at radius 1 is 0.579 bits per heavy atom. The van der Waals surface area contributed by atoms with Crippen LogP contribution in [0.4, 0.5) is 17.1 Å². The van der Waals surface area contributed by atoms with E-state index in [9.17, 15) is 0 Å². The maximum Gasteiger partial charge on any atom is 0.0645 e. The van der Waals surface area contributed by atoms with Gasteiger partial charge in [0.1, 0.15) is 0 Å². The van der Waals surface area contributed by atoms with Crippen molar-refractivity contribution in [1.29, 1.82) is 0 Å². The number of fused-ring (bicyclic) bond motifs is 5. The largest absolute Gasteiger partial charge is 0.308 e. The average Bonchev–Trinajstić information content (AvgIpc) is 3.19. The molecule has 0 bridgehead atoms. The monoisotopic (exact) mass is 486 g/mol. The van der Waals surface area contributed by atoms with Crippen molar-refractivity contribution in [3.8, 4) is 33.4 Å². The Morgan fingerprint density at radius 3 is 2.24 bits per heavy atom. The maximum atomic E-state index is 4.51. The van der Waals surface area contributed by atoms with Gasteiger partial charge in [0.15, 0.2) is 0 Å². The van der Waals surface area contributed by atoms with Gasteiger partial charge in [0.2, 0.25) is 0 Å². The van der Waals surface area contributed by atoms with Crippen LogP contribution in [0.1, 0.15) is 25.0 Å². The third-order valence-electron chi connectivity index (χ3n) is 8.48. The molecule has 0 atom stereocenters. The van der Waals surface area contributed by atoms with E-state index in [1.807, 2.05) is 18.5 Å². The topological polar surface area (TPSA) is 16.1 Å². The van der Waals surface area contributed by atoms with Gasteiger partial charge in [0.25, 0.3) is 0 Å². The van der Waals surface area contributed by atoms with Crippen LogP contribution in [0.25, 0.3) is 44.2 Å². The molecule has 1 aromatic heterocycles. The number of nitrogens with zero attached hydrogens (tertiary/aromatic N) is 2. The van der Waals surface area contributed by atoms with Crippen molar-refractivity contribution in [2.75, 3.05) is 4.90 Å². The summed E-state index contributed by atoms with van der Waals surface area (Å²) in [5.74, 6) is 0. The Bertz CT molecular complexity index is 1880. The van der Waals surface area contributed by atoms with E-state index in [1.165, 1.54) is 66.7 Å². The van der Waals surface area contributed by atoms with Crippen molar-refractivity contribution in [3.05, 3.63) is 133 Å². The van der Waals surface area contributed by atoms with Crippen LogP contribution in [-0.4, -0.2) is 4.98 Å². The molecule has 0 fully saturated rings. The van der Waals surface area contributed by atoms with Crippen molar-refractivity contribution in [2.24, 2.45) is 0 Å². The zero-order chi connectivity index (χ0) is 25.4. The molecule has 2 heterocycles. The first-order valence-electron chi connectivity index (χ1n) is 13.2. The van der Waals surface area contributed by atoms with Crippen LogP contribution >= 0.6 is 0 Å². The van der Waals surface area contributed by atoms with Gasteiger partial charge >= 0.3 is 0 Å². The second-order valence-corrected chi connectivity index (χ2v) is 10.9. The van der Waals surface area contributed by atoms with Gasteiger partial charge in [0.05, 0.1) is 23.3 Å². The lowest BCUT2D eigenvalue weighted by Crippen LogP contribution is -2.19. The number of benzene rings is 5. The van der Waals surface area contributed by atoms with Gasteiger partial charge in [-0.3, -0.25) is 4.98 Å². The molecule has 1 aliphatic heterocycles. The first-order valence-corrected chi connectivity index (χ1v) is 13.2. The third-order valence-corrected chi connectivity index (χ3v) is 8.48. The summed E-state index contributed by atoms with van der Waals surface area (Å²) in [7, 11) is 0. The molecule has 0 unspecified atom stereocenters. The molecule has 2 nitrogen and oxygen atoms in total. The lowest BCUT2D eigenvalue weighted by Gasteiger charge is -2.35. The molecule has 0 radical (unpaired) electrons. The van der Waals surface area contributed by atoms with Crippen LogP contribution in [0, 0.1) is 0 Å². The molecule has 0 saturated carbocycles. The highest BCUT2D eigenvalue weighted by molar-refractivity contribution is 6.18. The fraction of sp³-hybridized carbons (Fsp3) is 0.0833. The highest BCUT2D eigenvalue weighted by Crippen LogP contribution is 2.57. The second-order valence-electron chi connectivity index (χ2n) is 10.9. The minimum absolute atomic E-state index is 0.0645. The van der Waals surface area contributed by atoms with Gasteiger partial charge in [-0.15, -0.1) is 0 Å². The van der Waals surface area contributed by atoms with Crippen LogP contribution in [0.2, 0.25) is 0 Å². The fourth-order valence-corrected chi connectivity index (χ4v) is 6.70. The van der Waals surface area contributed by atoms with Gasteiger partial charge in [-0.25, -0.2) is 0 Å². The Kier molecular flexibility index (Phi) is 4.31. The second kappa shape index (κ2) is 7.66. The fourth-order valence-electron chi connectivity index (χ4n) is 6.70. The molecule has 2 aliphatic rings. The lowest BCUT2D eigenvalue weighted by atomic mass is 9.80. The van der Waals surface area contributed by atoms with Crippen molar-refractivity contribution < 1.29 is 0 Å². The highest BCUT2D eigenvalue weighted by Gasteiger charge is 2.38. The predicted octanol–water partition coefficient (Wildman–Crippen LogP) is 9.66. The van der Waals surface area contributed by atoms with E-state index in [-0.39, 0.29) is 5.41 Å². The van der Waals surface area contributed by atoms with E-state index in [0.29, 0.717) is 0 Å². The molecular weight excluding hydrogens is 460 g/mol. The maximum absolute atomic E-state index is 4.51. The molecule has 180 valence electrons. The zero-order valence-corrected chi connectivity index (χ0v) is 21.4. The zero-order valence-electron chi connectivity index (χ0n) is 21.4. The molecule has 38 heavy (non-hydrogen) atoms. The van der Waals surface area contributed by atoms with E-state index in [4.69, 9.17) is 0 Å². The molecule has 6 aromatic rings. The summed E-state index contributed by atoms with van der Waals surface area (Å²) in [5.41, 5.74) is 13.9. The molecule has 0 N–H and O–H groups in total.